The lowest BCUT2D eigenvalue weighted by atomic mass is 10.2. The van der Waals surface area contributed by atoms with Crippen LogP contribution in [0.15, 0.2) is 23.1 Å². The third kappa shape index (κ3) is 2.74. The molecule has 1 aromatic rings. The van der Waals surface area contributed by atoms with Crippen LogP contribution in [0.1, 0.15) is 6.92 Å². The normalized spacial score (nSPS) is 21.9. The highest BCUT2D eigenvalue weighted by atomic mass is 32.2. The van der Waals surface area contributed by atoms with E-state index < -0.39 is 10.0 Å². The van der Waals surface area contributed by atoms with Crippen LogP contribution >= 0.6 is 0 Å². The van der Waals surface area contributed by atoms with Gasteiger partial charge in [0, 0.05) is 31.7 Å². The summed E-state index contributed by atoms with van der Waals surface area (Å²) in [6.07, 6.45) is 0. The van der Waals surface area contributed by atoms with E-state index >= 15 is 0 Å². The fourth-order valence-corrected chi connectivity index (χ4v) is 4.10. The van der Waals surface area contributed by atoms with Gasteiger partial charge in [-0.05, 0) is 26.1 Å². The molecule has 6 nitrogen and oxygen atoms in total. The molecule has 1 heterocycles. The fourth-order valence-electron chi connectivity index (χ4n) is 2.47. The molecule has 0 spiro atoms. The predicted molar refractivity (Wildman–Crippen MR) is 78.3 cm³/mol. The van der Waals surface area contributed by atoms with Crippen LogP contribution in [0.5, 0.6) is 5.75 Å². The standard InChI is InChI=1S/C13H21N3O3S/c1-10-9-15(2)6-7-16(10)20(17,18)11-4-5-12(14)13(8-11)19-3/h4-5,8,10H,6-7,9,14H2,1-3H3. The Labute approximate surface area is 120 Å². The summed E-state index contributed by atoms with van der Waals surface area (Å²) in [5.41, 5.74) is 6.16. The third-order valence-corrected chi connectivity index (χ3v) is 5.59. The number of nitrogen functional groups attached to an aromatic ring is 1. The molecule has 1 unspecified atom stereocenters. The Bertz CT molecular complexity index is 589. The molecule has 2 N–H and O–H groups in total. The second-order valence-corrected chi connectivity index (χ2v) is 7.02. The molecule has 0 aliphatic carbocycles. The molecule has 20 heavy (non-hydrogen) atoms. The molecule has 1 aromatic carbocycles. The third-order valence-electron chi connectivity index (χ3n) is 3.58. The van der Waals surface area contributed by atoms with Gasteiger partial charge in [0.05, 0.1) is 17.7 Å². The number of piperazine rings is 1. The summed E-state index contributed by atoms with van der Waals surface area (Å²) in [5.74, 6) is 0.382. The van der Waals surface area contributed by atoms with E-state index in [1.54, 1.807) is 6.07 Å². The smallest absolute Gasteiger partial charge is 0.243 e. The van der Waals surface area contributed by atoms with Crippen molar-refractivity contribution in [1.29, 1.82) is 0 Å². The molecule has 0 aromatic heterocycles. The van der Waals surface area contributed by atoms with Crippen molar-refractivity contribution in [2.24, 2.45) is 0 Å². The first-order chi connectivity index (χ1) is 9.36. The highest BCUT2D eigenvalue weighted by Gasteiger charge is 2.32. The zero-order valence-electron chi connectivity index (χ0n) is 12.0. The Balaban J connectivity index is 2.35. The Morgan fingerprint density at radius 2 is 2.05 bits per heavy atom. The van der Waals surface area contributed by atoms with Crippen LogP contribution in [0.3, 0.4) is 0 Å². The van der Waals surface area contributed by atoms with Gasteiger partial charge >= 0.3 is 0 Å². The van der Waals surface area contributed by atoms with E-state index in [-0.39, 0.29) is 10.9 Å². The molecule has 1 atom stereocenters. The molecular formula is C13H21N3O3S. The molecule has 1 fully saturated rings. The average molecular weight is 299 g/mol. The highest BCUT2D eigenvalue weighted by Crippen LogP contribution is 2.28. The lowest BCUT2D eigenvalue weighted by Gasteiger charge is -2.37. The van der Waals surface area contributed by atoms with E-state index in [0.29, 0.717) is 18.0 Å². The first-order valence-electron chi connectivity index (χ1n) is 6.50. The van der Waals surface area contributed by atoms with Gasteiger partial charge in [-0.1, -0.05) is 0 Å². The van der Waals surface area contributed by atoms with E-state index in [9.17, 15) is 8.42 Å². The second-order valence-electron chi connectivity index (χ2n) is 5.13. The van der Waals surface area contributed by atoms with Crippen molar-refractivity contribution in [1.82, 2.24) is 9.21 Å². The summed E-state index contributed by atoms with van der Waals surface area (Å²) >= 11 is 0. The van der Waals surface area contributed by atoms with Crippen molar-refractivity contribution in [3.8, 4) is 5.75 Å². The summed E-state index contributed by atoms with van der Waals surface area (Å²) < 4.78 is 32.0. The quantitative estimate of drug-likeness (QED) is 0.827. The highest BCUT2D eigenvalue weighted by molar-refractivity contribution is 7.89. The number of hydrogen-bond acceptors (Lipinski definition) is 5. The van der Waals surface area contributed by atoms with Crippen LogP contribution in [0.4, 0.5) is 5.69 Å². The van der Waals surface area contributed by atoms with Crippen molar-refractivity contribution >= 4 is 15.7 Å². The average Bonchev–Trinajstić information content (AvgIpc) is 2.38. The molecule has 112 valence electrons. The molecule has 1 saturated heterocycles. The Morgan fingerprint density at radius 3 is 2.65 bits per heavy atom. The van der Waals surface area contributed by atoms with Gasteiger partial charge in [0.1, 0.15) is 5.75 Å². The largest absolute Gasteiger partial charge is 0.495 e. The number of benzene rings is 1. The van der Waals surface area contributed by atoms with Crippen molar-refractivity contribution in [3.63, 3.8) is 0 Å². The molecule has 2 rings (SSSR count). The zero-order valence-corrected chi connectivity index (χ0v) is 12.9. The minimum Gasteiger partial charge on any atom is -0.495 e. The first-order valence-corrected chi connectivity index (χ1v) is 7.94. The lowest BCUT2D eigenvalue weighted by molar-refractivity contribution is 0.170. The summed E-state index contributed by atoms with van der Waals surface area (Å²) in [5, 5.41) is 0. The van der Waals surface area contributed by atoms with Gasteiger partial charge < -0.3 is 15.4 Å². The van der Waals surface area contributed by atoms with Gasteiger partial charge in [0.2, 0.25) is 10.0 Å². The summed E-state index contributed by atoms with van der Waals surface area (Å²) in [4.78, 5) is 2.35. The number of nitrogens with two attached hydrogens (primary N) is 1. The number of nitrogens with zero attached hydrogens (tertiary/aromatic N) is 2. The number of methoxy groups -OCH3 is 1. The topological polar surface area (TPSA) is 75.9 Å². The predicted octanol–water partition coefficient (Wildman–Crippen LogP) is 0.602. The first kappa shape index (κ1) is 15.1. The minimum atomic E-state index is -3.51. The van der Waals surface area contributed by atoms with Gasteiger partial charge in [0.25, 0.3) is 0 Å². The van der Waals surface area contributed by atoms with Crippen molar-refractivity contribution in [2.45, 2.75) is 17.9 Å². The van der Waals surface area contributed by atoms with E-state index in [1.807, 2.05) is 14.0 Å². The molecule has 0 bridgehead atoms. The molecular weight excluding hydrogens is 278 g/mol. The van der Waals surface area contributed by atoms with Crippen molar-refractivity contribution in [3.05, 3.63) is 18.2 Å². The van der Waals surface area contributed by atoms with E-state index in [0.717, 1.165) is 13.1 Å². The van der Waals surface area contributed by atoms with Crippen LogP contribution in [0.25, 0.3) is 0 Å². The lowest BCUT2D eigenvalue weighted by Crippen LogP contribution is -2.52. The van der Waals surface area contributed by atoms with E-state index in [4.69, 9.17) is 10.5 Å². The SMILES string of the molecule is COc1cc(S(=O)(=O)N2CCN(C)CC2C)ccc1N. The van der Waals surface area contributed by atoms with Crippen LogP contribution in [-0.2, 0) is 10.0 Å². The maximum Gasteiger partial charge on any atom is 0.243 e. The minimum absolute atomic E-state index is 0.0534. The van der Waals surface area contributed by atoms with E-state index in [2.05, 4.69) is 4.90 Å². The van der Waals surface area contributed by atoms with Gasteiger partial charge in [0.15, 0.2) is 0 Å². The monoisotopic (exact) mass is 299 g/mol. The van der Waals surface area contributed by atoms with E-state index in [1.165, 1.54) is 23.5 Å². The number of anilines is 1. The van der Waals surface area contributed by atoms with Gasteiger partial charge in [-0.2, -0.15) is 4.31 Å². The number of ether oxygens (including phenoxy) is 1. The maximum absolute atomic E-state index is 12.7. The van der Waals surface area contributed by atoms with Gasteiger partial charge in [-0.15, -0.1) is 0 Å². The van der Waals surface area contributed by atoms with Crippen LogP contribution < -0.4 is 10.5 Å². The summed E-state index contributed by atoms with van der Waals surface area (Å²) in [6.45, 7) is 3.87. The van der Waals surface area contributed by atoms with Gasteiger partial charge in [-0.25, -0.2) is 8.42 Å². The number of hydrogen-bond donors (Lipinski definition) is 1. The molecule has 1 aliphatic heterocycles. The maximum atomic E-state index is 12.7. The molecule has 1 aliphatic rings. The number of rotatable bonds is 3. The molecule has 0 radical (unpaired) electrons. The fraction of sp³-hybridized carbons (Fsp3) is 0.538. The van der Waals surface area contributed by atoms with Crippen molar-refractivity contribution < 1.29 is 13.2 Å². The molecule has 7 heteroatoms. The van der Waals surface area contributed by atoms with Crippen LogP contribution in [-0.4, -0.2) is 57.5 Å². The Hall–Kier alpha value is -1.31. The van der Waals surface area contributed by atoms with Crippen LogP contribution in [0.2, 0.25) is 0 Å². The number of likely N-dealkylation sites (N-methyl/N-ethyl adjacent to an activating group) is 1. The Kier molecular flexibility index (Phi) is 4.22. The molecule has 0 amide bonds. The van der Waals surface area contributed by atoms with Crippen molar-refractivity contribution in [2.75, 3.05) is 39.5 Å². The summed E-state index contributed by atoms with van der Waals surface area (Å²) in [7, 11) is -0.0473. The Morgan fingerprint density at radius 1 is 1.35 bits per heavy atom. The van der Waals surface area contributed by atoms with Gasteiger partial charge in [-0.3, -0.25) is 0 Å². The number of sulfonamides is 1. The van der Waals surface area contributed by atoms with Crippen LogP contribution in [0, 0.1) is 0 Å². The second kappa shape index (κ2) is 5.59. The summed E-state index contributed by atoms with van der Waals surface area (Å²) in [6, 6.07) is 4.52. The molecule has 0 saturated carbocycles. The zero-order chi connectivity index (χ0) is 14.9.